The number of carbonyl (C=O) groups is 1. The van der Waals surface area contributed by atoms with Crippen LogP contribution in [-0.2, 0) is 4.79 Å². The topological polar surface area (TPSA) is 104 Å². The highest BCUT2D eigenvalue weighted by Gasteiger charge is 2.33. The Balaban J connectivity index is 1.76. The summed E-state index contributed by atoms with van der Waals surface area (Å²) in [6.45, 7) is 5.89. The number of benzene rings is 2. The molecule has 37 heavy (non-hydrogen) atoms. The van der Waals surface area contributed by atoms with Gasteiger partial charge in [0.05, 0.1) is 5.57 Å². The normalized spacial score (nSPS) is 15.7. The SMILES string of the molecule is CC#CS/C(=N\C)NC(=O)C1=C(CC(C)C)NC(Nc2nc3ccccc3o2)=NC1c1ccccc1Cl. The standard InChI is InChI=1S/C27H27ClN6O2S/c1-5-14-37-27(29-4)33-24(35)22-20(15-16(2)3)30-25(32-23(22)17-10-6-7-11-18(17)28)34-26-31-19-12-8-9-13-21(19)36-26/h6-13,16,23H,15H2,1-4H3,(H,29,33,35)(H2,30,31,32,34). The van der Waals surface area contributed by atoms with Crippen LogP contribution in [0.5, 0.6) is 0 Å². The van der Waals surface area contributed by atoms with Gasteiger partial charge in [-0.3, -0.25) is 15.1 Å². The van der Waals surface area contributed by atoms with Gasteiger partial charge in [0, 0.05) is 23.3 Å². The number of para-hydroxylation sites is 2. The molecule has 0 radical (unpaired) electrons. The molecular weight excluding hydrogens is 508 g/mol. The highest BCUT2D eigenvalue weighted by molar-refractivity contribution is 8.17. The molecule has 0 fully saturated rings. The Kier molecular flexibility index (Phi) is 8.54. The Labute approximate surface area is 225 Å². The Morgan fingerprint density at radius 1 is 1.24 bits per heavy atom. The van der Waals surface area contributed by atoms with E-state index in [0.29, 0.717) is 45.0 Å². The summed E-state index contributed by atoms with van der Waals surface area (Å²) in [4.78, 5) is 27.2. The molecule has 2 heterocycles. The first kappa shape index (κ1) is 26.3. The number of nitrogens with zero attached hydrogens (tertiary/aromatic N) is 3. The van der Waals surface area contributed by atoms with E-state index in [-0.39, 0.29) is 17.8 Å². The van der Waals surface area contributed by atoms with Crippen LogP contribution in [0.1, 0.15) is 38.8 Å². The number of halogens is 1. The number of hydrogen-bond donors (Lipinski definition) is 3. The zero-order chi connectivity index (χ0) is 26.4. The fourth-order valence-electron chi connectivity index (χ4n) is 3.83. The summed E-state index contributed by atoms with van der Waals surface area (Å²) in [6.07, 6.45) is 0.596. The van der Waals surface area contributed by atoms with Crippen LogP contribution in [0.3, 0.4) is 0 Å². The third-order valence-corrected chi connectivity index (χ3v) is 6.50. The van der Waals surface area contributed by atoms with Crippen molar-refractivity contribution in [2.75, 3.05) is 12.4 Å². The minimum atomic E-state index is -0.684. The highest BCUT2D eigenvalue weighted by Crippen LogP contribution is 2.36. The van der Waals surface area contributed by atoms with Crippen molar-refractivity contribution >= 4 is 57.5 Å². The molecule has 1 amide bonds. The number of allylic oxidation sites excluding steroid dienone is 1. The van der Waals surface area contributed by atoms with Crippen LogP contribution in [0, 0.1) is 17.1 Å². The van der Waals surface area contributed by atoms with E-state index in [1.54, 1.807) is 20.0 Å². The van der Waals surface area contributed by atoms with Crippen molar-refractivity contribution in [1.29, 1.82) is 0 Å². The predicted octanol–water partition coefficient (Wildman–Crippen LogP) is 5.71. The molecule has 0 saturated heterocycles. The zero-order valence-electron chi connectivity index (χ0n) is 20.9. The Morgan fingerprint density at radius 2 is 2.00 bits per heavy atom. The largest absolute Gasteiger partial charge is 0.423 e. The first-order chi connectivity index (χ1) is 17.9. The van der Waals surface area contributed by atoms with Crippen LogP contribution in [0.25, 0.3) is 11.1 Å². The second-order valence-electron chi connectivity index (χ2n) is 8.57. The van der Waals surface area contributed by atoms with E-state index in [0.717, 1.165) is 17.3 Å². The molecule has 3 N–H and O–H groups in total. The summed E-state index contributed by atoms with van der Waals surface area (Å²) in [5, 5.41) is 13.1. The average molecular weight is 535 g/mol. The van der Waals surface area contributed by atoms with Crippen molar-refractivity contribution < 1.29 is 9.21 Å². The molecule has 1 atom stereocenters. The minimum Gasteiger partial charge on any atom is -0.423 e. The van der Waals surface area contributed by atoms with Gasteiger partial charge in [0.2, 0.25) is 5.96 Å². The highest BCUT2D eigenvalue weighted by atomic mass is 35.5. The number of oxazole rings is 1. The van der Waals surface area contributed by atoms with E-state index in [1.165, 1.54) is 0 Å². The maximum absolute atomic E-state index is 13.7. The molecule has 0 saturated carbocycles. The number of amidine groups is 1. The molecule has 4 rings (SSSR count). The van der Waals surface area contributed by atoms with Gasteiger partial charge in [0.1, 0.15) is 11.6 Å². The molecule has 190 valence electrons. The van der Waals surface area contributed by atoms with Gasteiger partial charge in [-0.25, -0.2) is 4.99 Å². The van der Waals surface area contributed by atoms with Gasteiger partial charge in [0.25, 0.3) is 5.91 Å². The monoisotopic (exact) mass is 534 g/mol. The Morgan fingerprint density at radius 3 is 2.70 bits per heavy atom. The summed E-state index contributed by atoms with van der Waals surface area (Å²) in [5.41, 5.74) is 3.25. The summed E-state index contributed by atoms with van der Waals surface area (Å²) >= 11 is 7.76. The number of amides is 1. The van der Waals surface area contributed by atoms with Crippen molar-refractivity contribution in [2.24, 2.45) is 15.9 Å². The van der Waals surface area contributed by atoms with E-state index in [4.69, 9.17) is 21.0 Å². The molecule has 0 bridgehead atoms. The van der Waals surface area contributed by atoms with Crippen LogP contribution < -0.4 is 16.0 Å². The number of guanidine groups is 1. The predicted molar refractivity (Wildman–Crippen MR) is 151 cm³/mol. The summed E-state index contributed by atoms with van der Waals surface area (Å²) in [7, 11) is 1.61. The second kappa shape index (κ2) is 12.0. The van der Waals surface area contributed by atoms with Crippen molar-refractivity contribution in [3.8, 4) is 11.2 Å². The summed E-state index contributed by atoms with van der Waals surface area (Å²) in [5.74, 6) is 3.12. The van der Waals surface area contributed by atoms with Crippen molar-refractivity contribution in [1.82, 2.24) is 15.6 Å². The first-order valence-electron chi connectivity index (χ1n) is 11.7. The Bertz CT molecular complexity index is 1430. The van der Waals surface area contributed by atoms with Crippen molar-refractivity contribution in [3.05, 3.63) is 70.4 Å². The quantitative estimate of drug-likeness (QED) is 0.220. The molecule has 0 spiro atoms. The van der Waals surface area contributed by atoms with Gasteiger partial charge in [-0.05, 0) is 54.5 Å². The lowest BCUT2D eigenvalue weighted by Gasteiger charge is -2.29. The number of carbonyl (C=O) groups excluding carboxylic acids is 1. The Hall–Kier alpha value is -3.74. The lowest BCUT2D eigenvalue weighted by molar-refractivity contribution is -0.116. The first-order valence-corrected chi connectivity index (χ1v) is 12.9. The molecule has 8 nitrogen and oxygen atoms in total. The molecule has 1 aromatic heterocycles. The van der Waals surface area contributed by atoms with E-state index in [2.05, 4.69) is 50.9 Å². The molecular formula is C27H27ClN6O2S. The van der Waals surface area contributed by atoms with Gasteiger partial charge < -0.3 is 15.1 Å². The van der Waals surface area contributed by atoms with Crippen LogP contribution in [0.15, 0.2) is 74.2 Å². The lowest BCUT2D eigenvalue weighted by Crippen LogP contribution is -2.41. The van der Waals surface area contributed by atoms with E-state index < -0.39 is 6.04 Å². The van der Waals surface area contributed by atoms with Crippen LogP contribution in [0.2, 0.25) is 5.02 Å². The minimum absolute atomic E-state index is 0.250. The second-order valence-corrected chi connectivity index (χ2v) is 9.77. The van der Waals surface area contributed by atoms with Crippen LogP contribution >= 0.6 is 23.4 Å². The molecule has 0 aliphatic carbocycles. The number of rotatable bonds is 5. The average Bonchev–Trinajstić information content (AvgIpc) is 3.28. The maximum Gasteiger partial charge on any atom is 0.302 e. The number of nitrogens with one attached hydrogen (secondary N) is 3. The zero-order valence-corrected chi connectivity index (χ0v) is 22.5. The van der Waals surface area contributed by atoms with Crippen LogP contribution in [0.4, 0.5) is 6.01 Å². The van der Waals surface area contributed by atoms with Gasteiger partial charge in [-0.1, -0.05) is 61.7 Å². The fraction of sp³-hybridized carbons (Fsp3) is 0.259. The molecule has 1 unspecified atom stereocenters. The molecule has 2 aromatic carbocycles. The van der Waals surface area contributed by atoms with Crippen molar-refractivity contribution in [2.45, 2.75) is 33.2 Å². The van der Waals surface area contributed by atoms with Crippen LogP contribution in [-0.4, -0.2) is 29.1 Å². The molecule has 10 heteroatoms. The number of aromatic nitrogens is 1. The fourth-order valence-corrected chi connectivity index (χ4v) is 4.51. The number of hydrogen-bond acceptors (Lipinski definition) is 8. The van der Waals surface area contributed by atoms with Gasteiger partial charge in [-0.15, -0.1) is 0 Å². The molecule has 1 aliphatic rings. The lowest BCUT2D eigenvalue weighted by atomic mass is 9.92. The number of anilines is 1. The third-order valence-electron chi connectivity index (χ3n) is 5.38. The summed E-state index contributed by atoms with van der Waals surface area (Å²) < 4.78 is 5.83. The number of fused-ring (bicyclic) bond motifs is 1. The van der Waals surface area contributed by atoms with E-state index in [1.807, 2.05) is 42.5 Å². The number of aliphatic imine (C=N–C) groups is 2. The van der Waals surface area contributed by atoms with Crippen molar-refractivity contribution in [3.63, 3.8) is 0 Å². The smallest absolute Gasteiger partial charge is 0.302 e. The van der Waals surface area contributed by atoms with E-state index in [9.17, 15) is 4.79 Å². The molecule has 3 aromatic rings. The number of thioether (sulfide) groups is 1. The summed E-state index contributed by atoms with van der Waals surface area (Å²) in [6, 6.07) is 14.5. The van der Waals surface area contributed by atoms with Gasteiger partial charge in [-0.2, -0.15) is 4.98 Å². The molecule has 1 aliphatic heterocycles. The maximum atomic E-state index is 13.7. The van der Waals surface area contributed by atoms with E-state index >= 15 is 0 Å². The van der Waals surface area contributed by atoms with Gasteiger partial charge >= 0.3 is 6.01 Å². The van der Waals surface area contributed by atoms with Gasteiger partial charge in [0.15, 0.2) is 10.8 Å². The third kappa shape index (κ3) is 6.34.